The van der Waals surface area contributed by atoms with Gasteiger partial charge in [-0.2, -0.15) is 0 Å². The van der Waals surface area contributed by atoms with Gasteiger partial charge in [-0.05, 0) is 43.4 Å². The number of hydrogen-bond acceptors (Lipinski definition) is 3. The molecule has 4 N–H and O–H groups in total. The summed E-state index contributed by atoms with van der Waals surface area (Å²) in [7, 11) is 0. The molecular formula is C19H31ClN2O3. The van der Waals surface area contributed by atoms with Crippen molar-refractivity contribution in [1.29, 1.82) is 0 Å². The van der Waals surface area contributed by atoms with Crippen LogP contribution < -0.4 is 10.6 Å². The molecule has 0 saturated heterocycles. The highest BCUT2D eigenvalue weighted by Gasteiger charge is 2.22. The number of benzene rings is 1. The predicted molar refractivity (Wildman–Crippen MR) is 102 cm³/mol. The molecule has 1 rings (SSSR count). The van der Waals surface area contributed by atoms with Gasteiger partial charge in [0.05, 0.1) is 12.1 Å². The smallest absolute Gasteiger partial charge is 0.404 e. The van der Waals surface area contributed by atoms with E-state index < -0.39 is 18.2 Å². The topological polar surface area (TPSA) is 81.6 Å². The molecule has 0 radical (unpaired) electrons. The van der Waals surface area contributed by atoms with Crippen molar-refractivity contribution in [2.24, 2.45) is 5.92 Å². The molecule has 0 heterocycles. The fraction of sp³-hybridized carbons (Fsp3) is 0.632. The maximum atomic E-state index is 11.0. The molecule has 5 nitrogen and oxygen atoms in total. The third-order valence-corrected chi connectivity index (χ3v) is 4.45. The lowest BCUT2D eigenvalue weighted by Crippen LogP contribution is -2.49. The minimum absolute atomic E-state index is 0.282. The summed E-state index contributed by atoms with van der Waals surface area (Å²) in [6.45, 7) is 6.84. The normalized spacial score (nSPS) is 15.0. The van der Waals surface area contributed by atoms with Gasteiger partial charge in [-0.3, -0.25) is 0 Å². The van der Waals surface area contributed by atoms with Crippen molar-refractivity contribution in [1.82, 2.24) is 10.6 Å². The van der Waals surface area contributed by atoms with Gasteiger partial charge in [0.25, 0.3) is 0 Å². The van der Waals surface area contributed by atoms with Gasteiger partial charge in [0, 0.05) is 17.6 Å². The van der Waals surface area contributed by atoms with Crippen LogP contribution in [0.1, 0.15) is 45.6 Å². The number of aliphatic hydroxyl groups excluding tert-OH is 1. The molecule has 3 atom stereocenters. The molecule has 0 aliphatic heterocycles. The molecule has 0 aliphatic rings. The molecule has 0 aliphatic carbocycles. The Morgan fingerprint density at radius 3 is 2.56 bits per heavy atom. The van der Waals surface area contributed by atoms with Crippen LogP contribution in [0.3, 0.4) is 0 Å². The first-order valence-electron chi connectivity index (χ1n) is 8.93. The fourth-order valence-electron chi connectivity index (χ4n) is 2.76. The summed E-state index contributed by atoms with van der Waals surface area (Å²) in [5.41, 5.74) is 0.885. The molecule has 0 aromatic heterocycles. The second kappa shape index (κ2) is 11.3. The minimum atomic E-state index is -1.14. The predicted octanol–water partition coefficient (Wildman–Crippen LogP) is 3.68. The van der Waals surface area contributed by atoms with E-state index in [9.17, 15) is 9.90 Å². The van der Waals surface area contributed by atoms with Gasteiger partial charge in [-0.1, -0.05) is 50.4 Å². The van der Waals surface area contributed by atoms with E-state index in [1.54, 1.807) is 12.1 Å². The van der Waals surface area contributed by atoms with Crippen molar-refractivity contribution in [2.45, 2.75) is 64.6 Å². The Morgan fingerprint density at radius 1 is 1.24 bits per heavy atom. The molecule has 0 saturated carbocycles. The average Bonchev–Trinajstić information content (AvgIpc) is 2.51. The van der Waals surface area contributed by atoms with Crippen LogP contribution in [0.25, 0.3) is 0 Å². The second-order valence-electron chi connectivity index (χ2n) is 7.09. The van der Waals surface area contributed by atoms with Crippen molar-refractivity contribution < 1.29 is 15.0 Å². The van der Waals surface area contributed by atoms with E-state index >= 15 is 0 Å². The van der Waals surface area contributed by atoms with Crippen molar-refractivity contribution in [3.8, 4) is 0 Å². The molecule has 6 heteroatoms. The van der Waals surface area contributed by atoms with Gasteiger partial charge in [-0.25, -0.2) is 4.79 Å². The standard InChI is InChI=1S/C19H31ClN2O3/c1-13(2)6-4-7-14(3)21-12-18(23)17(22-19(24)25)11-15-8-5-9-16(20)10-15/h5,8-10,13-14,17-18,21-23H,4,6-7,11-12H2,1-3H3,(H,24,25)/t14?,17-,18-/m0/s1. The van der Waals surface area contributed by atoms with Gasteiger partial charge in [0.2, 0.25) is 0 Å². The van der Waals surface area contributed by atoms with Crippen LogP contribution in [-0.2, 0) is 6.42 Å². The highest BCUT2D eigenvalue weighted by Crippen LogP contribution is 2.14. The van der Waals surface area contributed by atoms with Crippen molar-refractivity contribution >= 4 is 17.7 Å². The zero-order valence-corrected chi connectivity index (χ0v) is 16.1. The number of rotatable bonds is 11. The Hall–Kier alpha value is -1.30. The van der Waals surface area contributed by atoms with Gasteiger partial charge in [0.1, 0.15) is 0 Å². The van der Waals surface area contributed by atoms with Crippen molar-refractivity contribution in [3.05, 3.63) is 34.9 Å². The summed E-state index contributed by atoms with van der Waals surface area (Å²) >= 11 is 5.98. The summed E-state index contributed by atoms with van der Waals surface area (Å²) < 4.78 is 0. The van der Waals surface area contributed by atoms with Crippen molar-refractivity contribution in [3.63, 3.8) is 0 Å². The lowest BCUT2D eigenvalue weighted by Gasteiger charge is -2.25. The summed E-state index contributed by atoms with van der Waals surface area (Å²) in [6, 6.07) is 6.93. The largest absolute Gasteiger partial charge is 0.465 e. The highest BCUT2D eigenvalue weighted by atomic mass is 35.5. The van der Waals surface area contributed by atoms with E-state index in [1.807, 2.05) is 12.1 Å². The fourth-order valence-corrected chi connectivity index (χ4v) is 2.97. The summed E-state index contributed by atoms with van der Waals surface area (Å²) in [6.07, 6.45) is 1.79. The van der Waals surface area contributed by atoms with Crippen LogP contribution in [-0.4, -0.2) is 41.0 Å². The molecule has 25 heavy (non-hydrogen) atoms. The third-order valence-electron chi connectivity index (χ3n) is 4.21. The molecular weight excluding hydrogens is 340 g/mol. The Morgan fingerprint density at radius 2 is 1.96 bits per heavy atom. The zero-order valence-electron chi connectivity index (χ0n) is 15.3. The average molecular weight is 371 g/mol. The minimum Gasteiger partial charge on any atom is -0.465 e. The van der Waals surface area contributed by atoms with E-state index in [0.717, 1.165) is 18.4 Å². The number of halogens is 1. The Bertz CT molecular complexity index is 525. The quantitative estimate of drug-likeness (QED) is 0.479. The van der Waals surface area contributed by atoms with E-state index in [0.29, 0.717) is 23.9 Å². The number of amides is 1. The first kappa shape index (κ1) is 21.7. The van der Waals surface area contributed by atoms with Crippen molar-refractivity contribution in [2.75, 3.05) is 6.54 Å². The van der Waals surface area contributed by atoms with Gasteiger partial charge in [0.15, 0.2) is 0 Å². The number of hydrogen-bond donors (Lipinski definition) is 4. The molecule has 0 bridgehead atoms. The summed E-state index contributed by atoms with van der Waals surface area (Å²) in [4.78, 5) is 11.0. The molecule has 1 aromatic rings. The Kier molecular flexibility index (Phi) is 9.86. The highest BCUT2D eigenvalue weighted by molar-refractivity contribution is 6.30. The first-order valence-corrected chi connectivity index (χ1v) is 9.31. The van der Waals surface area contributed by atoms with E-state index in [-0.39, 0.29) is 6.04 Å². The lowest BCUT2D eigenvalue weighted by molar-refractivity contribution is 0.115. The van der Waals surface area contributed by atoms with E-state index in [1.165, 1.54) is 6.42 Å². The van der Waals surface area contributed by atoms with E-state index in [2.05, 4.69) is 31.4 Å². The lowest BCUT2D eigenvalue weighted by atomic mass is 10.0. The summed E-state index contributed by atoms with van der Waals surface area (Å²) in [5, 5.41) is 25.8. The first-order chi connectivity index (χ1) is 11.8. The van der Waals surface area contributed by atoms with Crippen LogP contribution in [0.4, 0.5) is 4.79 Å². The van der Waals surface area contributed by atoms with Crippen LogP contribution in [0.2, 0.25) is 5.02 Å². The maximum Gasteiger partial charge on any atom is 0.404 e. The number of aliphatic hydroxyl groups is 1. The summed E-state index contributed by atoms with van der Waals surface area (Å²) in [5.74, 6) is 0.694. The molecule has 0 fully saturated rings. The maximum absolute atomic E-state index is 11.0. The zero-order chi connectivity index (χ0) is 18.8. The van der Waals surface area contributed by atoms with E-state index in [4.69, 9.17) is 16.7 Å². The number of nitrogens with one attached hydrogen (secondary N) is 2. The molecule has 0 spiro atoms. The Balaban J connectivity index is 2.52. The van der Waals surface area contributed by atoms with Crippen LogP contribution in [0.15, 0.2) is 24.3 Å². The van der Waals surface area contributed by atoms with Crippen LogP contribution >= 0.6 is 11.6 Å². The van der Waals surface area contributed by atoms with Gasteiger partial charge in [-0.15, -0.1) is 0 Å². The molecule has 1 amide bonds. The van der Waals surface area contributed by atoms with Crippen LogP contribution in [0.5, 0.6) is 0 Å². The molecule has 1 aromatic carbocycles. The van der Waals surface area contributed by atoms with Gasteiger partial charge < -0.3 is 20.8 Å². The number of carboxylic acid groups (broad SMARTS) is 1. The molecule has 1 unspecified atom stereocenters. The SMILES string of the molecule is CC(C)CCCC(C)NC[C@H](O)[C@H](Cc1cccc(Cl)c1)NC(=O)O. The molecule has 142 valence electrons. The third kappa shape index (κ3) is 9.68. The van der Waals surface area contributed by atoms with Gasteiger partial charge >= 0.3 is 6.09 Å². The monoisotopic (exact) mass is 370 g/mol. The van der Waals surface area contributed by atoms with Crippen LogP contribution in [0, 0.1) is 5.92 Å². The second-order valence-corrected chi connectivity index (χ2v) is 7.53. The Labute approximate surface area is 155 Å². The number of carbonyl (C=O) groups is 1.